The van der Waals surface area contributed by atoms with Crippen molar-refractivity contribution in [3.63, 3.8) is 0 Å². The van der Waals surface area contributed by atoms with Crippen molar-refractivity contribution in [2.24, 2.45) is 29.6 Å². The van der Waals surface area contributed by atoms with Gasteiger partial charge in [0.1, 0.15) is 17.3 Å². The summed E-state index contributed by atoms with van der Waals surface area (Å²) in [7, 11) is 0. The predicted molar refractivity (Wildman–Crippen MR) is 229 cm³/mol. The molecule has 4 fully saturated rings. The third-order valence-electron chi connectivity index (χ3n) is 13.8. The molecule has 2 heterocycles. The van der Waals surface area contributed by atoms with Crippen molar-refractivity contribution in [3.8, 4) is 11.5 Å². The minimum Gasteiger partial charge on any atom is -0.490 e. The third-order valence-corrected chi connectivity index (χ3v) is 13.8. The molecule has 0 aromatic heterocycles. The highest BCUT2D eigenvalue weighted by Crippen LogP contribution is 2.37. The number of carbonyl (C=O) groups excluding carboxylic acids is 2. The van der Waals surface area contributed by atoms with Crippen molar-refractivity contribution in [1.82, 2.24) is 9.80 Å². The largest absolute Gasteiger partial charge is 0.490 e. The number of ether oxygens (including phenoxy) is 3. The first-order valence-electron chi connectivity index (χ1n) is 22.3. The molecule has 8 rings (SSSR count). The molecule has 4 aliphatic rings. The number of likely N-dealkylation sites (tertiary alicyclic amines) is 2. The molecular formula is C50H64N2O5. The van der Waals surface area contributed by atoms with E-state index in [-0.39, 0.29) is 23.9 Å². The molecular weight excluding hydrogens is 709 g/mol. The molecule has 2 aliphatic carbocycles. The quantitative estimate of drug-likeness (QED) is 0.118. The Balaban J connectivity index is 0.732. The Kier molecular flexibility index (Phi) is 12.8. The topological polar surface area (TPSA) is 68.3 Å². The van der Waals surface area contributed by atoms with Crippen LogP contribution in [0.3, 0.4) is 0 Å². The van der Waals surface area contributed by atoms with Crippen LogP contribution in [0, 0.1) is 29.6 Å². The van der Waals surface area contributed by atoms with Crippen LogP contribution in [-0.4, -0.2) is 66.5 Å². The average molecular weight is 773 g/mol. The summed E-state index contributed by atoms with van der Waals surface area (Å²) < 4.78 is 18.0. The van der Waals surface area contributed by atoms with Crippen molar-refractivity contribution < 1.29 is 23.8 Å². The van der Waals surface area contributed by atoms with Crippen LogP contribution in [-0.2, 0) is 27.4 Å². The van der Waals surface area contributed by atoms with E-state index in [1.807, 2.05) is 6.92 Å². The molecule has 4 aromatic carbocycles. The maximum atomic E-state index is 13.3. The molecule has 0 amide bonds. The molecule has 2 saturated carbocycles. The number of Topliss-reactive ketones (excluding diaryl/α,β-unsaturated/α-hetero) is 1. The van der Waals surface area contributed by atoms with E-state index in [2.05, 4.69) is 96.4 Å². The summed E-state index contributed by atoms with van der Waals surface area (Å²) in [6.07, 6.45) is 11.7. The zero-order valence-corrected chi connectivity index (χ0v) is 34.6. The second kappa shape index (κ2) is 18.3. The number of carbonyl (C=O) groups is 2. The lowest BCUT2D eigenvalue weighted by atomic mass is 9.76. The van der Waals surface area contributed by atoms with Gasteiger partial charge in [-0.3, -0.25) is 19.4 Å². The van der Waals surface area contributed by atoms with Gasteiger partial charge in [0.05, 0.1) is 24.7 Å². The number of ketones is 1. The lowest BCUT2D eigenvalue weighted by Gasteiger charge is -2.37. The molecule has 7 nitrogen and oxygen atoms in total. The standard InChI is InChI=1S/C50H64N2O5/c1-4-55-50(54)40-19-23-52(24-20-40)33-36-6-8-44-31-47(16-12-42(44)26-36)57-48-27-37(28-48)29-49(53)39-17-21-51(22-18-39)32-35-5-7-43-30-46(15-11-41(43)25-35)56-45-13-9-38(10-14-45)34(2)3/h5-8,11-12,15-16,25-26,30-31,34,37-40,45,48H,4,9-10,13-14,17-24,27-29,32-33H2,1-3H3. The highest BCUT2D eigenvalue weighted by molar-refractivity contribution is 5.85. The number of esters is 1. The van der Waals surface area contributed by atoms with Crippen LogP contribution in [0.1, 0.15) is 103 Å². The molecule has 7 heteroatoms. The SMILES string of the molecule is CCOC(=O)C1CCN(Cc2ccc3cc(OC4CC(CC(=O)C5CCN(Cc6ccc7cc(OC8CCC(C(C)C)CC8)ccc7c6)CC5)C4)ccc3c2)CC1. The van der Waals surface area contributed by atoms with Crippen LogP contribution in [0.25, 0.3) is 21.5 Å². The minimum atomic E-state index is -0.0405. The van der Waals surface area contributed by atoms with Crippen LogP contribution in [0.2, 0.25) is 0 Å². The van der Waals surface area contributed by atoms with Crippen molar-refractivity contribution >= 4 is 33.3 Å². The average Bonchev–Trinajstić information content (AvgIpc) is 3.21. The van der Waals surface area contributed by atoms with E-state index in [1.165, 1.54) is 45.5 Å². The van der Waals surface area contributed by atoms with E-state index >= 15 is 0 Å². The number of fused-ring (bicyclic) bond motifs is 2. The summed E-state index contributed by atoms with van der Waals surface area (Å²) >= 11 is 0. The van der Waals surface area contributed by atoms with Gasteiger partial charge in [0.15, 0.2) is 0 Å². The normalized spacial score (nSPS) is 24.1. The molecule has 0 spiro atoms. The van der Waals surface area contributed by atoms with E-state index in [9.17, 15) is 9.59 Å². The van der Waals surface area contributed by atoms with Crippen molar-refractivity contribution in [2.45, 2.75) is 117 Å². The molecule has 0 radical (unpaired) electrons. The molecule has 57 heavy (non-hydrogen) atoms. The van der Waals surface area contributed by atoms with Crippen LogP contribution >= 0.6 is 0 Å². The van der Waals surface area contributed by atoms with Gasteiger partial charge in [-0.1, -0.05) is 50.2 Å². The Hall–Kier alpha value is -3.94. The highest BCUT2D eigenvalue weighted by Gasteiger charge is 2.35. The second-order valence-corrected chi connectivity index (χ2v) is 18.2. The summed E-state index contributed by atoms with van der Waals surface area (Å²) in [6.45, 7) is 12.7. The fourth-order valence-corrected chi connectivity index (χ4v) is 10.1. The highest BCUT2D eigenvalue weighted by atomic mass is 16.5. The first kappa shape index (κ1) is 39.9. The van der Waals surface area contributed by atoms with E-state index < -0.39 is 0 Å². The first-order chi connectivity index (χ1) is 27.7. The molecule has 0 N–H and O–H groups in total. The molecule has 2 saturated heterocycles. The number of piperidine rings is 2. The molecule has 4 aromatic rings. The molecule has 2 aliphatic heterocycles. The van der Waals surface area contributed by atoms with Gasteiger partial charge in [-0.15, -0.1) is 0 Å². The van der Waals surface area contributed by atoms with Gasteiger partial charge in [-0.2, -0.15) is 0 Å². The fourth-order valence-electron chi connectivity index (χ4n) is 10.1. The summed E-state index contributed by atoms with van der Waals surface area (Å²) in [6, 6.07) is 26.5. The number of hydrogen-bond acceptors (Lipinski definition) is 7. The zero-order chi connectivity index (χ0) is 39.3. The Morgan fingerprint density at radius 2 is 1.11 bits per heavy atom. The number of nitrogens with zero attached hydrogens (tertiary/aromatic N) is 2. The Bertz CT molecular complexity index is 1980. The molecule has 0 bridgehead atoms. The van der Waals surface area contributed by atoms with Gasteiger partial charge in [-0.25, -0.2) is 0 Å². The predicted octanol–water partition coefficient (Wildman–Crippen LogP) is 10.4. The van der Waals surface area contributed by atoms with Gasteiger partial charge in [-0.05, 0) is 184 Å². The van der Waals surface area contributed by atoms with Gasteiger partial charge >= 0.3 is 5.97 Å². The van der Waals surface area contributed by atoms with Crippen LogP contribution in [0.4, 0.5) is 0 Å². The number of benzene rings is 4. The fraction of sp³-hybridized carbons (Fsp3) is 0.560. The van der Waals surface area contributed by atoms with Gasteiger partial charge in [0.2, 0.25) is 0 Å². The van der Waals surface area contributed by atoms with Gasteiger partial charge in [0, 0.05) is 25.4 Å². The summed E-state index contributed by atoms with van der Waals surface area (Å²) in [5.41, 5.74) is 2.63. The van der Waals surface area contributed by atoms with E-state index in [4.69, 9.17) is 14.2 Å². The van der Waals surface area contributed by atoms with Crippen molar-refractivity contribution in [2.75, 3.05) is 32.8 Å². The smallest absolute Gasteiger partial charge is 0.309 e. The van der Waals surface area contributed by atoms with Gasteiger partial charge in [0.25, 0.3) is 0 Å². The monoisotopic (exact) mass is 772 g/mol. The van der Waals surface area contributed by atoms with Crippen LogP contribution in [0.15, 0.2) is 72.8 Å². The van der Waals surface area contributed by atoms with E-state index in [0.29, 0.717) is 30.8 Å². The van der Waals surface area contributed by atoms with E-state index in [1.54, 1.807) is 0 Å². The molecule has 0 atom stereocenters. The van der Waals surface area contributed by atoms with Crippen molar-refractivity contribution in [1.29, 1.82) is 0 Å². The Morgan fingerprint density at radius 3 is 1.63 bits per heavy atom. The summed E-state index contributed by atoms with van der Waals surface area (Å²) in [4.78, 5) is 30.4. The third kappa shape index (κ3) is 10.2. The minimum absolute atomic E-state index is 0.0405. The van der Waals surface area contributed by atoms with Crippen LogP contribution in [0.5, 0.6) is 11.5 Å². The summed E-state index contributed by atoms with van der Waals surface area (Å²) in [5, 5.41) is 4.91. The number of rotatable bonds is 14. The lowest BCUT2D eigenvalue weighted by molar-refractivity contribution is -0.149. The van der Waals surface area contributed by atoms with Gasteiger partial charge < -0.3 is 14.2 Å². The van der Waals surface area contributed by atoms with Crippen molar-refractivity contribution in [3.05, 3.63) is 83.9 Å². The second-order valence-electron chi connectivity index (χ2n) is 18.2. The molecule has 0 unspecified atom stereocenters. The number of hydrogen-bond donors (Lipinski definition) is 0. The van der Waals surface area contributed by atoms with E-state index in [0.717, 1.165) is 114 Å². The molecule has 304 valence electrons. The van der Waals surface area contributed by atoms with Crippen LogP contribution < -0.4 is 9.47 Å². The Labute approximate surface area is 340 Å². The maximum Gasteiger partial charge on any atom is 0.309 e. The maximum absolute atomic E-state index is 13.3. The lowest BCUT2D eigenvalue weighted by Crippen LogP contribution is -2.39. The first-order valence-corrected chi connectivity index (χ1v) is 22.3. The zero-order valence-electron chi connectivity index (χ0n) is 34.6. The Morgan fingerprint density at radius 1 is 0.614 bits per heavy atom. The summed E-state index contributed by atoms with van der Waals surface area (Å²) in [5.74, 6) is 4.62.